The summed E-state index contributed by atoms with van der Waals surface area (Å²) < 4.78 is 11.2. The number of para-hydroxylation sites is 1. The average molecular weight is 237 g/mol. The van der Waals surface area contributed by atoms with Crippen molar-refractivity contribution in [3.8, 4) is 11.5 Å². The van der Waals surface area contributed by atoms with E-state index in [9.17, 15) is 0 Å². The third-order valence-electron chi connectivity index (χ3n) is 2.63. The van der Waals surface area contributed by atoms with Crippen molar-refractivity contribution in [3.63, 3.8) is 0 Å². The summed E-state index contributed by atoms with van der Waals surface area (Å²) in [6.07, 6.45) is 2.35. The van der Waals surface area contributed by atoms with Gasteiger partial charge in [0, 0.05) is 0 Å². The van der Waals surface area contributed by atoms with Gasteiger partial charge in [-0.25, -0.2) is 0 Å². The van der Waals surface area contributed by atoms with Crippen LogP contribution in [0.4, 0.5) is 5.69 Å². The van der Waals surface area contributed by atoms with Crippen LogP contribution in [-0.2, 0) is 0 Å². The summed E-state index contributed by atoms with van der Waals surface area (Å²) in [5.74, 6) is 1.97. The summed E-state index contributed by atoms with van der Waals surface area (Å²) in [6, 6.07) is 5.65. The summed E-state index contributed by atoms with van der Waals surface area (Å²) in [7, 11) is 0. The molecule has 1 rings (SSSR count). The molecule has 2 N–H and O–H groups in total. The molecule has 1 atom stereocenters. The predicted molar refractivity (Wildman–Crippen MR) is 71.6 cm³/mol. The number of hydrogen-bond donors (Lipinski definition) is 1. The van der Waals surface area contributed by atoms with E-state index in [1.807, 2.05) is 25.1 Å². The molecule has 0 saturated carbocycles. The molecule has 0 radical (unpaired) electrons. The molecular formula is C14H23NO2. The highest BCUT2D eigenvalue weighted by atomic mass is 16.5. The van der Waals surface area contributed by atoms with E-state index < -0.39 is 0 Å². The zero-order valence-corrected chi connectivity index (χ0v) is 11.0. The molecule has 1 aromatic carbocycles. The lowest BCUT2D eigenvalue weighted by molar-refractivity contribution is 0.251. The molecule has 0 aliphatic rings. The summed E-state index contributed by atoms with van der Waals surface area (Å²) in [6.45, 7) is 7.62. The highest BCUT2D eigenvalue weighted by molar-refractivity contribution is 5.62. The molecule has 3 nitrogen and oxygen atoms in total. The van der Waals surface area contributed by atoms with E-state index in [0.29, 0.717) is 30.6 Å². The Balaban J connectivity index is 2.61. The third kappa shape index (κ3) is 4.17. The fraction of sp³-hybridized carbons (Fsp3) is 0.571. The highest BCUT2D eigenvalue weighted by Crippen LogP contribution is 2.31. The van der Waals surface area contributed by atoms with Gasteiger partial charge in [-0.15, -0.1) is 0 Å². The van der Waals surface area contributed by atoms with Crippen LogP contribution < -0.4 is 15.2 Å². The van der Waals surface area contributed by atoms with Gasteiger partial charge < -0.3 is 15.2 Å². The Morgan fingerprint density at radius 2 is 1.82 bits per heavy atom. The maximum Gasteiger partial charge on any atom is 0.146 e. The van der Waals surface area contributed by atoms with Gasteiger partial charge in [0.25, 0.3) is 0 Å². The minimum absolute atomic E-state index is 0.551. The maximum absolute atomic E-state index is 5.98. The Kier molecular flexibility index (Phi) is 5.67. The van der Waals surface area contributed by atoms with Crippen molar-refractivity contribution in [1.29, 1.82) is 0 Å². The lowest BCUT2D eigenvalue weighted by Crippen LogP contribution is -2.09. The standard InChI is InChI=1S/C14H23NO2/c1-4-7-11(3)10-17-13-9-6-8-12(14(13)15)16-5-2/h6,8-9,11H,4-5,7,10,15H2,1-3H3. The molecule has 1 aromatic rings. The van der Waals surface area contributed by atoms with Crippen LogP contribution in [-0.4, -0.2) is 13.2 Å². The number of benzene rings is 1. The van der Waals surface area contributed by atoms with Gasteiger partial charge in [0.05, 0.1) is 13.2 Å². The average Bonchev–Trinajstić information content (AvgIpc) is 2.31. The van der Waals surface area contributed by atoms with E-state index in [-0.39, 0.29) is 0 Å². The molecule has 0 aliphatic carbocycles. The number of nitrogens with two attached hydrogens (primary N) is 1. The van der Waals surface area contributed by atoms with Crippen LogP contribution in [0, 0.1) is 5.92 Å². The quantitative estimate of drug-likeness (QED) is 0.738. The molecule has 17 heavy (non-hydrogen) atoms. The van der Waals surface area contributed by atoms with Crippen molar-refractivity contribution in [2.45, 2.75) is 33.6 Å². The summed E-state index contributed by atoms with van der Waals surface area (Å²) in [4.78, 5) is 0. The first-order valence-electron chi connectivity index (χ1n) is 6.33. The largest absolute Gasteiger partial charge is 0.492 e. The van der Waals surface area contributed by atoms with Gasteiger partial charge in [-0.2, -0.15) is 0 Å². The molecule has 1 unspecified atom stereocenters. The SMILES string of the molecule is CCCC(C)COc1cccc(OCC)c1N. The lowest BCUT2D eigenvalue weighted by atomic mass is 10.1. The van der Waals surface area contributed by atoms with Gasteiger partial charge in [0.15, 0.2) is 0 Å². The lowest BCUT2D eigenvalue weighted by Gasteiger charge is -2.15. The molecule has 0 spiro atoms. The van der Waals surface area contributed by atoms with Gasteiger partial charge in [0.1, 0.15) is 17.2 Å². The van der Waals surface area contributed by atoms with E-state index in [1.54, 1.807) is 0 Å². The summed E-state index contributed by atoms with van der Waals surface area (Å²) >= 11 is 0. The molecule has 0 aromatic heterocycles. The van der Waals surface area contributed by atoms with E-state index in [0.717, 1.165) is 5.75 Å². The Morgan fingerprint density at radius 3 is 2.41 bits per heavy atom. The first-order valence-corrected chi connectivity index (χ1v) is 6.33. The zero-order chi connectivity index (χ0) is 12.7. The second-order valence-electron chi connectivity index (χ2n) is 4.31. The maximum atomic E-state index is 5.98. The third-order valence-corrected chi connectivity index (χ3v) is 2.63. The molecule has 96 valence electrons. The van der Waals surface area contributed by atoms with Gasteiger partial charge in [0.2, 0.25) is 0 Å². The second-order valence-corrected chi connectivity index (χ2v) is 4.31. The number of nitrogen functional groups attached to an aromatic ring is 1. The normalized spacial score (nSPS) is 12.2. The van der Waals surface area contributed by atoms with Crippen LogP contribution in [0.3, 0.4) is 0 Å². The van der Waals surface area contributed by atoms with Crippen LogP contribution in [0.25, 0.3) is 0 Å². The van der Waals surface area contributed by atoms with Crippen molar-refractivity contribution in [2.75, 3.05) is 18.9 Å². The molecule has 0 amide bonds. The Morgan fingerprint density at radius 1 is 1.18 bits per heavy atom. The van der Waals surface area contributed by atoms with Crippen molar-refractivity contribution in [1.82, 2.24) is 0 Å². The topological polar surface area (TPSA) is 44.5 Å². The molecule has 0 aliphatic heterocycles. The Labute approximate surface area is 104 Å². The van der Waals surface area contributed by atoms with E-state index in [4.69, 9.17) is 15.2 Å². The van der Waals surface area contributed by atoms with Crippen molar-refractivity contribution in [3.05, 3.63) is 18.2 Å². The monoisotopic (exact) mass is 237 g/mol. The van der Waals surface area contributed by atoms with Crippen LogP contribution in [0.2, 0.25) is 0 Å². The van der Waals surface area contributed by atoms with Crippen LogP contribution in [0.1, 0.15) is 33.6 Å². The first-order chi connectivity index (χ1) is 8.19. The highest BCUT2D eigenvalue weighted by Gasteiger charge is 2.08. The molecular weight excluding hydrogens is 214 g/mol. The summed E-state index contributed by atoms with van der Waals surface area (Å²) in [5.41, 5.74) is 6.57. The molecule has 0 fully saturated rings. The smallest absolute Gasteiger partial charge is 0.146 e. The van der Waals surface area contributed by atoms with Crippen LogP contribution in [0.5, 0.6) is 11.5 Å². The van der Waals surface area contributed by atoms with E-state index in [1.165, 1.54) is 12.8 Å². The minimum Gasteiger partial charge on any atom is -0.492 e. The number of anilines is 1. The number of ether oxygens (including phenoxy) is 2. The molecule has 0 saturated heterocycles. The van der Waals surface area contributed by atoms with Gasteiger partial charge in [-0.1, -0.05) is 26.3 Å². The molecule has 0 heterocycles. The predicted octanol–water partition coefficient (Wildman–Crippen LogP) is 3.48. The van der Waals surface area contributed by atoms with E-state index >= 15 is 0 Å². The van der Waals surface area contributed by atoms with Gasteiger partial charge in [-0.05, 0) is 31.4 Å². The molecule has 0 bridgehead atoms. The fourth-order valence-corrected chi connectivity index (χ4v) is 1.74. The van der Waals surface area contributed by atoms with Crippen LogP contribution >= 0.6 is 0 Å². The van der Waals surface area contributed by atoms with Crippen LogP contribution in [0.15, 0.2) is 18.2 Å². The van der Waals surface area contributed by atoms with Crippen molar-refractivity contribution >= 4 is 5.69 Å². The van der Waals surface area contributed by atoms with Crippen molar-refractivity contribution in [2.24, 2.45) is 5.92 Å². The number of rotatable bonds is 7. The second kappa shape index (κ2) is 7.05. The first kappa shape index (κ1) is 13.7. The fourth-order valence-electron chi connectivity index (χ4n) is 1.74. The number of hydrogen-bond acceptors (Lipinski definition) is 3. The molecule has 3 heteroatoms. The van der Waals surface area contributed by atoms with E-state index in [2.05, 4.69) is 13.8 Å². The van der Waals surface area contributed by atoms with Crippen molar-refractivity contribution < 1.29 is 9.47 Å². The van der Waals surface area contributed by atoms with Gasteiger partial charge >= 0.3 is 0 Å². The van der Waals surface area contributed by atoms with Gasteiger partial charge in [-0.3, -0.25) is 0 Å². The summed E-state index contributed by atoms with van der Waals surface area (Å²) in [5, 5.41) is 0. The Hall–Kier alpha value is -1.38. The zero-order valence-electron chi connectivity index (χ0n) is 11.0. The Bertz CT molecular complexity index is 339. The minimum atomic E-state index is 0.551.